The first-order valence-corrected chi connectivity index (χ1v) is 18.8. The molecule has 0 aliphatic rings. The number of benzene rings is 8. The van der Waals surface area contributed by atoms with E-state index >= 15 is 0 Å². The number of thiophene rings is 1. The average molecular weight is 711 g/mol. The Hall–Kier alpha value is -6.95. The zero-order chi connectivity index (χ0) is 35.6. The van der Waals surface area contributed by atoms with Gasteiger partial charge in [0.25, 0.3) is 0 Å². The van der Waals surface area contributed by atoms with E-state index in [1.807, 2.05) is 53.8 Å². The van der Waals surface area contributed by atoms with Gasteiger partial charge in [-0.25, -0.2) is 4.98 Å². The van der Waals surface area contributed by atoms with E-state index in [-0.39, 0.29) is 0 Å². The Balaban J connectivity index is 1.08. The van der Waals surface area contributed by atoms with Crippen molar-refractivity contribution in [1.29, 1.82) is 0 Å². The predicted octanol–water partition coefficient (Wildman–Crippen LogP) is 14.6. The topological polar surface area (TPSA) is 42.4 Å². The summed E-state index contributed by atoms with van der Waals surface area (Å²) in [6.07, 6.45) is 0. The van der Waals surface area contributed by atoms with Crippen molar-refractivity contribution in [3.05, 3.63) is 182 Å². The third-order valence-corrected chi connectivity index (χ3v) is 11.5. The van der Waals surface area contributed by atoms with Crippen molar-refractivity contribution in [2.24, 2.45) is 0 Å². The van der Waals surface area contributed by atoms with Gasteiger partial charge in [-0.2, -0.15) is 0 Å². The van der Waals surface area contributed by atoms with Crippen LogP contribution in [-0.4, -0.2) is 4.98 Å². The second-order valence-electron chi connectivity index (χ2n) is 13.5. The van der Waals surface area contributed by atoms with Crippen molar-refractivity contribution >= 4 is 81.6 Å². The minimum Gasteiger partial charge on any atom is -0.456 e. The molecule has 3 aromatic heterocycles. The summed E-state index contributed by atoms with van der Waals surface area (Å²) in [6, 6.07) is 63.9. The van der Waals surface area contributed by atoms with Crippen molar-refractivity contribution in [3.63, 3.8) is 0 Å². The molecule has 0 unspecified atom stereocenters. The molecule has 0 N–H and O–H groups in total. The highest BCUT2D eigenvalue weighted by atomic mass is 32.1. The highest BCUT2D eigenvalue weighted by Gasteiger charge is 2.20. The molecule has 0 radical (unpaired) electrons. The molecule has 0 fully saturated rings. The fraction of sp³-hybridized carbons (Fsp3) is 0. The van der Waals surface area contributed by atoms with Gasteiger partial charge in [0.05, 0.1) is 5.39 Å². The maximum absolute atomic E-state index is 6.42. The van der Waals surface area contributed by atoms with Crippen LogP contribution in [-0.2, 0) is 0 Å². The first-order valence-electron chi connectivity index (χ1n) is 18.0. The van der Waals surface area contributed by atoms with Crippen molar-refractivity contribution < 1.29 is 8.83 Å². The summed E-state index contributed by atoms with van der Waals surface area (Å²) in [6.45, 7) is 0. The van der Waals surface area contributed by atoms with Gasteiger partial charge in [0, 0.05) is 48.2 Å². The minimum atomic E-state index is 0.592. The number of rotatable bonds is 6. The summed E-state index contributed by atoms with van der Waals surface area (Å²) in [5, 5.41) is 4.54. The Morgan fingerprint density at radius 1 is 0.426 bits per heavy atom. The van der Waals surface area contributed by atoms with E-state index in [1.54, 1.807) is 0 Å². The van der Waals surface area contributed by atoms with Crippen molar-refractivity contribution in [3.8, 4) is 33.7 Å². The van der Waals surface area contributed by atoms with Gasteiger partial charge in [-0.3, -0.25) is 0 Å². The number of oxazole rings is 1. The zero-order valence-corrected chi connectivity index (χ0v) is 29.8. The quantitative estimate of drug-likeness (QED) is 0.172. The lowest BCUT2D eigenvalue weighted by atomic mass is 10.0. The lowest BCUT2D eigenvalue weighted by Gasteiger charge is -2.26. The largest absolute Gasteiger partial charge is 0.456 e. The van der Waals surface area contributed by atoms with Crippen LogP contribution in [0.25, 0.3) is 86.9 Å². The third kappa shape index (κ3) is 5.01. The van der Waals surface area contributed by atoms with Crippen LogP contribution in [0, 0.1) is 0 Å². The second-order valence-corrected chi connectivity index (χ2v) is 14.6. The third-order valence-electron chi connectivity index (χ3n) is 10.3. The summed E-state index contributed by atoms with van der Waals surface area (Å²) < 4.78 is 15.3. The maximum atomic E-state index is 6.42. The van der Waals surface area contributed by atoms with E-state index in [0.717, 1.165) is 61.2 Å². The minimum absolute atomic E-state index is 0.592. The Bertz CT molecular complexity index is 3160. The van der Waals surface area contributed by atoms with Crippen LogP contribution in [0.1, 0.15) is 0 Å². The molecule has 0 amide bonds. The highest BCUT2D eigenvalue weighted by molar-refractivity contribution is 7.26. The molecule has 11 aromatic rings. The first-order chi connectivity index (χ1) is 26.7. The number of hydrogen-bond donors (Lipinski definition) is 0. The Morgan fingerprint density at radius 3 is 1.94 bits per heavy atom. The Kier molecular flexibility index (Phi) is 7.00. The van der Waals surface area contributed by atoms with E-state index in [1.165, 1.54) is 36.9 Å². The van der Waals surface area contributed by atoms with E-state index < -0.39 is 0 Å². The molecular formula is C49H30N2O2S. The average Bonchev–Trinajstić information content (AvgIpc) is 3.95. The molecule has 0 bridgehead atoms. The molecule has 8 aromatic carbocycles. The maximum Gasteiger partial charge on any atom is 0.227 e. The molecule has 0 aliphatic carbocycles. The van der Waals surface area contributed by atoms with Gasteiger partial charge >= 0.3 is 0 Å². The first kappa shape index (κ1) is 30.7. The van der Waals surface area contributed by atoms with Crippen molar-refractivity contribution in [1.82, 2.24) is 4.98 Å². The molecule has 0 spiro atoms. The van der Waals surface area contributed by atoms with Gasteiger partial charge in [-0.15, -0.1) is 11.3 Å². The normalized spacial score (nSPS) is 11.7. The predicted molar refractivity (Wildman–Crippen MR) is 225 cm³/mol. The fourth-order valence-electron chi connectivity index (χ4n) is 7.75. The summed E-state index contributed by atoms with van der Waals surface area (Å²) in [5.74, 6) is 0.592. The van der Waals surface area contributed by atoms with Crippen LogP contribution >= 0.6 is 11.3 Å². The van der Waals surface area contributed by atoms with Gasteiger partial charge in [0.2, 0.25) is 5.89 Å². The number of fused-ring (bicyclic) bond motifs is 8. The standard InChI is InChI=1S/C49H30N2O2S/c1-3-11-31(12-4-1)34-15-9-16-36(29-34)51(35-23-21-32(22-24-35)38-18-10-19-40-39-17-7-8-20-45(39)54-48(38)40)37-25-26-42-41(30-37)46-43(52-42)27-28-44-47(46)50-49(53-44)33-13-5-2-6-14-33/h1-30H. The SMILES string of the molecule is c1ccc(-c2cccc(N(c3ccc(-c4cccc5c4sc4ccccc45)cc3)c3ccc4oc5ccc6oc(-c7ccccc7)nc6c5c4c3)c2)cc1. The summed E-state index contributed by atoms with van der Waals surface area (Å²) in [5.41, 5.74) is 11.9. The molecule has 0 saturated carbocycles. The summed E-state index contributed by atoms with van der Waals surface area (Å²) in [7, 11) is 0. The van der Waals surface area contributed by atoms with Crippen LogP contribution in [0.5, 0.6) is 0 Å². The summed E-state index contributed by atoms with van der Waals surface area (Å²) in [4.78, 5) is 7.33. The summed E-state index contributed by atoms with van der Waals surface area (Å²) >= 11 is 1.86. The van der Waals surface area contributed by atoms with E-state index in [2.05, 4.69) is 144 Å². The number of nitrogens with zero attached hydrogens (tertiary/aromatic N) is 2. The second kappa shape index (κ2) is 12.3. The molecule has 54 heavy (non-hydrogen) atoms. The van der Waals surface area contributed by atoms with Crippen molar-refractivity contribution in [2.75, 3.05) is 4.90 Å². The van der Waals surface area contributed by atoms with Gasteiger partial charge < -0.3 is 13.7 Å². The molecule has 5 heteroatoms. The Morgan fingerprint density at radius 2 is 1.09 bits per heavy atom. The van der Waals surface area contributed by atoms with Crippen LogP contribution in [0.15, 0.2) is 191 Å². The molecule has 11 rings (SSSR count). The molecule has 254 valence electrons. The van der Waals surface area contributed by atoms with Gasteiger partial charge in [0.15, 0.2) is 5.58 Å². The Labute approximate surface area is 314 Å². The van der Waals surface area contributed by atoms with Gasteiger partial charge in [-0.1, -0.05) is 109 Å². The van der Waals surface area contributed by atoms with E-state index in [0.29, 0.717) is 5.89 Å². The van der Waals surface area contributed by atoms with Crippen LogP contribution in [0.2, 0.25) is 0 Å². The molecular weight excluding hydrogens is 681 g/mol. The van der Waals surface area contributed by atoms with Gasteiger partial charge in [0.1, 0.15) is 16.7 Å². The smallest absolute Gasteiger partial charge is 0.227 e. The molecule has 0 atom stereocenters. The monoisotopic (exact) mass is 710 g/mol. The lowest BCUT2D eigenvalue weighted by molar-refractivity contribution is 0.619. The van der Waals surface area contributed by atoms with Crippen LogP contribution in [0.4, 0.5) is 17.1 Å². The number of hydrogen-bond acceptors (Lipinski definition) is 5. The highest BCUT2D eigenvalue weighted by Crippen LogP contribution is 2.44. The molecule has 3 heterocycles. The zero-order valence-electron chi connectivity index (χ0n) is 28.9. The molecule has 0 saturated heterocycles. The number of aromatic nitrogens is 1. The molecule has 0 aliphatic heterocycles. The van der Waals surface area contributed by atoms with Crippen LogP contribution < -0.4 is 4.90 Å². The van der Waals surface area contributed by atoms with Crippen LogP contribution in [0.3, 0.4) is 0 Å². The number of anilines is 3. The van der Waals surface area contributed by atoms with E-state index in [9.17, 15) is 0 Å². The fourth-order valence-corrected chi connectivity index (χ4v) is 8.99. The lowest BCUT2D eigenvalue weighted by Crippen LogP contribution is -2.10. The van der Waals surface area contributed by atoms with Crippen molar-refractivity contribution in [2.45, 2.75) is 0 Å². The molecule has 4 nitrogen and oxygen atoms in total. The number of furan rings is 1. The van der Waals surface area contributed by atoms with Gasteiger partial charge in [-0.05, 0) is 95.1 Å². The van der Waals surface area contributed by atoms with E-state index in [4.69, 9.17) is 13.8 Å².